The number of thiophene rings is 1. The molecule has 1 heterocycles. The molecule has 0 amide bonds. The lowest BCUT2D eigenvalue weighted by atomic mass is 10.0. The maximum atomic E-state index is 3.79. The van der Waals surface area contributed by atoms with Crippen molar-refractivity contribution in [2.45, 2.75) is 25.1 Å². The Hall–Kier alpha value is -0.120. The minimum Gasteiger partial charge on any atom is -0.133 e. The molecule has 0 saturated heterocycles. The van der Waals surface area contributed by atoms with E-state index in [4.69, 9.17) is 0 Å². The fourth-order valence-electron chi connectivity index (χ4n) is 1.81. The van der Waals surface area contributed by atoms with Crippen molar-refractivity contribution in [3.63, 3.8) is 0 Å². The van der Waals surface area contributed by atoms with E-state index < -0.39 is 0 Å². The first-order valence-electron chi connectivity index (χ1n) is 5.60. The molecule has 1 aromatic carbocycles. The molecule has 1 unspecified atom stereocenters. The van der Waals surface area contributed by atoms with Crippen molar-refractivity contribution in [3.05, 3.63) is 55.7 Å². The van der Waals surface area contributed by atoms with Gasteiger partial charge in [0, 0.05) is 4.88 Å². The van der Waals surface area contributed by atoms with E-state index in [0.29, 0.717) is 0 Å². The lowest BCUT2D eigenvalue weighted by molar-refractivity contribution is 1.11. The van der Waals surface area contributed by atoms with Crippen LogP contribution in [0.2, 0.25) is 0 Å². The Bertz CT molecular complexity index is 499. The molecule has 0 aliphatic carbocycles. The van der Waals surface area contributed by atoms with Crippen LogP contribution in [0, 0.1) is 6.92 Å². The Kier molecular flexibility index (Phi) is 4.45. The van der Waals surface area contributed by atoms with E-state index in [1.807, 2.05) is 0 Å². The van der Waals surface area contributed by atoms with E-state index in [-0.39, 0.29) is 4.83 Å². The summed E-state index contributed by atoms with van der Waals surface area (Å²) < 4.78 is 1.19. The molecular weight excluding hydrogens is 360 g/mol. The third-order valence-corrected chi connectivity index (χ3v) is 5.47. The molecule has 0 bridgehead atoms. The smallest absolute Gasteiger partial charge is 0.0704 e. The zero-order chi connectivity index (χ0) is 12.4. The van der Waals surface area contributed by atoms with Gasteiger partial charge in [0.25, 0.3) is 0 Å². The standard InChI is InChI=1S/C14H14Br2S/c1-3-10-4-6-11(7-5-10)14(16)12-8-13(15)17-9(12)2/h4-8,14H,3H2,1-2H3. The molecule has 2 rings (SSSR count). The van der Waals surface area contributed by atoms with Crippen LogP contribution in [0.15, 0.2) is 34.1 Å². The van der Waals surface area contributed by atoms with Crippen LogP contribution in [-0.4, -0.2) is 0 Å². The second kappa shape index (κ2) is 5.68. The molecule has 0 saturated carbocycles. The van der Waals surface area contributed by atoms with Gasteiger partial charge < -0.3 is 0 Å². The number of rotatable bonds is 3. The van der Waals surface area contributed by atoms with E-state index in [0.717, 1.165) is 6.42 Å². The van der Waals surface area contributed by atoms with Gasteiger partial charge in [-0.1, -0.05) is 47.1 Å². The van der Waals surface area contributed by atoms with Crippen molar-refractivity contribution in [2.75, 3.05) is 0 Å². The maximum Gasteiger partial charge on any atom is 0.0704 e. The van der Waals surface area contributed by atoms with Crippen LogP contribution in [0.5, 0.6) is 0 Å². The second-order valence-corrected chi connectivity index (χ2v) is 7.57. The van der Waals surface area contributed by atoms with Crippen molar-refractivity contribution < 1.29 is 0 Å². The molecule has 0 aliphatic heterocycles. The Morgan fingerprint density at radius 3 is 2.35 bits per heavy atom. The fraction of sp³-hybridized carbons (Fsp3) is 0.286. The molecule has 3 heteroatoms. The van der Waals surface area contributed by atoms with Crippen LogP contribution in [0.3, 0.4) is 0 Å². The predicted octanol–water partition coefficient (Wildman–Crippen LogP) is 5.87. The quantitative estimate of drug-likeness (QED) is 0.590. The maximum absolute atomic E-state index is 3.79. The molecule has 0 fully saturated rings. The SMILES string of the molecule is CCc1ccc(C(Br)c2cc(Br)sc2C)cc1. The number of alkyl halides is 1. The zero-order valence-corrected chi connectivity index (χ0v) is 13.8. The summed E-state index contributed by atoms with van der Waals surface area (Å²) in [7, 11) is 0. The van der Waals surface area contributed by atoms with Crippen molar-refractivity contribution in [1.82, 2.24) is 0 Å². The summed E-state index contributed by atoms with van der Waals surface area (Å²) in [5.41, 5.74) is 4.05. The van der Waals surface area contributed by atoms with Gasteiger partial charge in [0.2, 0.25) is 0 Å². The Labute approximate surface area is 123 Å². The van der Waals surface area contributed by atoms with Crippen molar-refractivity contribution in [1.29, 1.82) is 0 Å². The third kappa shape index (κ3) is 3.01. The van der Waals surface area contributed by atoms with Gasteiger partial charge in [-0.3, -0.25) is 0 Å². The highest BCUT2D eigenvalue weighted by atomic mass is 79.9. The average Bonchev–Trinajstić information content (AvgIpc) is 2.68. The third-order valence-electron chi connectivity index (χ3n) is 2.88. The van der Waals surface area contributed by atoms with Crippen LogP contribution in [0.1, 0.15) is 33.3 Å². The molecule has 0 N–H and O–H groups in total. The van der Waals surface area contributed by atoms with Crippen LogP contribution in [-0.2, 0) is 6.42 Å². The van der Waals surface area contributed by atoms with Gasteiger partial charge in [0.05, 0.1) is 8.61 Å². The van der Waals surface area contributed by atoms with Gasteiger partial charge >= 0.3 is 0 Å². The highest BCUT2D eigenvalue weighted by Crippen LogP contribution is 2.38. The monoisotopic (exact) mass is 372 g/mol. The average molecular weight is 374 g/mol. The molecule has 90 valence electrons. The van der Waals surface area contributed by atoms with Gasteiger partial charge in [-0.05, 0) is 52.0 Å². The van der Waals surface area contributed by atoms with Crippen molar-refractivity contribution >= 4 is 43.2 Å². The summed E-state index contributed by atoms with van der Waals surface area (Å²) in [6.45, 7) is 4.35. The summed E-state index contributed by atoms with van der Waals surface area (Å²) >= 11 is 9.12. The normalized spacial score (nSPS) is 12.7. The summed E-state index contributed by atoms with van der Waals surface area (Å²) in [4.78, 5) is 1.65. The van der Waals surface area contributed by atoms with Crippen LogP contribution in [0.25, 0.3) is 0 Å². The minimum atomic E-state index is 0.288. The summed E-state index contributed by atoms with van der Waals surface area (Å²) in [6.07, 6.45) is 1.09. The lowest BCUT2D eigenvalue weighted by Gasteiger charge is -2.10. The predicted molar refractivity (Wildman–Crippen MR) is 83.3 cm³/mol. The summed E-state index contributed by atoms with van der Waals surface area (Å²) in [6, 6.07) is 11.0. The zero-order valence-electron chi connectivity index (χ0n) is 9.84. The van der Waals surface area contributed by atoms with Gasteiger partial charge in [0.1, 0.15) is 0 Å². The van der Waals surface area contributed by atoms with Crippen molar-refractivity contribution in [2.24, 2.45) is 0 Å². The van der Waals surface area contributed by atoms with E-state index in [2.05, 4.69) is 76.0 Å². The van der Waals surface area contributed by atoms with Gasteiger partial charge in [-0.25, -0.2) is 0 Å². The first-order chi connectivity index (χ1) is 8.11. The Balaban J connectivity index is 2.30. The van der Waals surface area contributed by atoms with E-state index >= 15 is 0 Å². The molecular formula is C14H14Br2S. The number of hydrogen-bond acceptors (Lipinski definition) is 1. The van der Waals surface area contributed by atoms with Crippen LogP contribution < -0.4 is 0 Å². The number of benzene rings is 1. The molecule has 2 aromatic rings. The fourth-order valence-corrected chi connectivity index (χ4v) is 4.49. The lowest BCUT2D eigenvalue weighted by Crippen LogP contribution is -1.93. The van der Waals surface area contributed by atoms with Crippen LogP contribution in [0.4, 0.5) is 0 Å². The van der Waals surface area contributed by atoms with E-state index in [1.54, 1.807) is 11.3 Å². The topological polar surface area (TPSA) is 0 Å². The molecule has 0 nitrogen and oxygen atoms in total. The van der Waals surface area contributed by atoms with E-state index in [1.165, 1.54) is 25.4 Å². The number of aryl methyl sites for hydroxylation is 2. The van der Waals surface area contributed by atoms with Gasteiger partial charge in [0.15, 0.2) is 0 Å². The number of hydrogen-bond donors (Lipinski definition) is 0. The molecule has 1 atom stereocenters. The number of halogens is 2. The van der Waals surface area contributed by atoms with Gasteiger partial charge in [-0.2, -0.15) is 0 Å². The molecule has 1 aromatic heterocycles. The molecule has 17 heavy (non-hydrogen) atoms. The highest BCUT2D eigenvalue weighted by molar-refractivity contribution is 9.11. The van der Waals surface area contributed by atoms with Crippen LogP contribution >= 0.6 is 43.2 Å². The summed E-state index contributed by atoms with van der Waals surface area (Å²) in [5.74, 6) is 0. The van der Waals surface area contributed by atoms with Crippen molar-refractivity contribution in [3.8, 4) is 0 Å². The molecule has 0 aliphatic rings. The van der Waals surface area contributed by atoms with Gasteiger partial charge in [-0.15, -0.1) is 11.3 Å². The Morgan fingerprint density at radius 2 is 1.88 bits per heavy atom. The van der Waals surface area contributed by atoms with E-state index in [9.17, 15) is 0 Å². The first-order valence-corrected chi connectivity index (χ1v) is 8.13. The molecule has 0 radical (unpaired) electrons. The molecule has 0 spiro atoms. The second-order valence-electron chi connectivity index (χ2n) is 4.02. The first kappa shape index (κ1) is 13.3. The minimum absolute atomic E-state index is 0.288. The Morgan fingerprint density at radius 1 is 1.24 bits per heavy atom. The largest absolute Gasteiger partial charge is 0.133 e. The highest BCUT2D eigenvalue weighted by Gasteiger charge is 2.15. The summed E-state index contributed by atoms with van der Waals surface area (Å²) in [5, 5.41) is 0.